The van der Waals surface area contributed by atoms with Gasteiger partial charge >= 0.3 is 0 Å². The molecule has 1 aromatic rings. The quantitative estimate of drug-likeness (QED) is 0.713. The van der Waals surface area contributed by atoms with Crippen LogP contribution in [-0.2, 0) is 11.2 Å². The average molecular weight is 221 g/mol. The third-order valence-electron chi connectivity index (χ3n) is 2.14. The number of nitrogens with two attached hydrogens (primary N) is 1. The lowest BCUT2D eigenvalue weighted by Gasteiger charge is -2.15. The van der Waals surface area contributed by atoms with Gasteiger partial charge in [-0.25, -0.2) is 5.01 Å². The van der Waals surface area contributed by atoms with Gasteiger partial charge in [-0.3, -0.25) is 10.2 Å². The molecule has 0 saturated carbocycles. The number of rotatable bonds is 5. The fraction of sp³-hybridized carbons (Fsp3) is 0.417. The second-order valence-electron chi connectivity index (χ2n) is 4.08. The molecule has 0 aliphatic carbocycles. The van der Waals surface area contributed by atoms with Crippen molar-refractivity contribution < 1.29 is 4.79 Å². The van der Waals surface area contributed by atoms with E-state index in [1.165, 1.54) is 0 Å². The predicted octanol–water partition coefficient (Wildman–Crippen LogP) is 0.539. The van der Waals surface area contributed by atoms with Gasteiger partial charge in [0.05, 0.1) is 0 Å². The molecule has 0 heterocycles. The van der Waals surface area contributed by atoms with E-state index < -0.39 is 0 Å². The van der Waals surface area contributed by atoms with E-state index in [1.807, 2.05) is 30.3 Å². The zero-order valence-corrected chi connectivity index (χ0v) is 9.81. The van der Waals surface area contributed by atoms with E-state index in [9.17, 15) is 4.79 Å². The Kier molecular flexibility index (Phi) is 4.95. The molecule has 4 heteroatoms. The fourth-order valence-electron chi connectivity index (χ4n) is 1.52. The summed E-state index contributed by atoms with van der Waals surface area (Å²) in [5, 5.41) is 1.62. The molecule has 0 bridgehead atoms. The molecule has 0 saturated heterocycles. The first-order chi connectivity index (χ1) is 7.58. The first-order valence-electron chi connectivity index (χ1n) is 5.34. The smallest absolute Gasteiger partial charge is 0.235 e. The maximum Gasteiger partial charge on any atom is 0.235 e. The monoisotopic (exact) mass is 221 g/mol. The number of amides is 1. The highest BCUT2D eigenvalue weighted by Gasteiger charge is 2.10. The van der Waals surface area contributed by atoms with Crippen LogP contribution >= 0.6 is 0 Å². The summed E-state index contributed by atoms with van der Waals surface area (Å²) in [6.45, 7) is 0. The summed E-state index contributed by atoms with van der Waals surface area (Å²) < 4.78 is 0. The Hall–Kier alpha value is -1.39. The van der Waals surface area contributed by atoms with Crippen molar-refractivity contribution in [1.29, 1.82) is 0 Å². The summed E-state index contributed by atoms with van der Waals surface area (Å²) in [6, 6.07) is 9.81. The van der Waals surface area contributed by atoms with Crippen molar-refractivity contribution in [3.63, 3.8) is 0 Å². The lowest BCUT2D eigenvalue weighted by Crippen LogP contribution is -2.40. The Morgan fingerprint density at radius 3 is 2.56 bits per heavy atom. The SMILES string of the molecule is CN(C)NC(=O)CC(N)Cc1ccccc1. The maximum atomic E-state index is 11.4. The summed E-state index contributed by atoms with van der Waals surface area (Å²) in [5.41, 5.74) is 9.74. The first kappa shape index (κ1) is 12.7. The Bertz CT molecular complexity index is 324. The number of hydrazine groups is 1. The van der Waals surface area contributed by atoms with Crippen LogP contribution in [-0.4, -0.2) is 31.1 Å². The molecular formula is C12H19N3O. The number of benzene rings is 1. The molecular weight excluding hydrogens is 202 g/mol. The third kappa shape index (κ3) is 4.91. The molecule has 0 radical (unpaired) electrons. The largest absolute Gasteiger partial charge is 0.327 e. The van der Waals surface area contributed by atoms with E-state index in [-0.39, 0.29) is 11.9 Å². The van der Waals surface area contributed by atoms with Gasteiger partial charge in [0.25, 0.3) is 0 Å². The van der Waals surface area contributed by atoms with Crippen LogP contribution in [0.1, 0.15) is 12.0 Å². The van der Waals surface area contributed by atoms with Gasteiger partial charge in [0, 0.05) is 26.6 Å². The number of carbonyl (C=O) groups is 1. The highest BCUT2D eigenvalue weighted by Crippen LogP contribution is 2.03. The Morgan fingerprint density at radius 2 is 2.00 bits per heavy atom. The molecule has 1 rings (SSSR count). The second-order valence-corrected chi connectivity index (χ2v) is 4.08. The number of hydrogen-bond donors (Lipinski definition) is 2. The molecule has 1 aromatic carbocycles. The lowest BCUT2D eigenvalue weighted by atomic mass is 10.0. The fourth-order valence-corrected chi connectivity index (χ4v) is 1.52. The van der Waals surface area contributed by atoms with E-state index in [2.05, 4.69) is 5.43 Å². The minimum absolute atomic E-state index is 0.0477. The molecule has 1 amide bonds. The van der Waals surface area contributed by atoms with Gasteiger partial charge in [-0.05, 0) is 12.0 Å². The van der Waals surface area contributed by atoms with Gasteiger partial charge in [0.2, 0.25) is 5.91 Å². The van der Waals surface area contributed by atoms with Gasteiger partial charge in [-0.1, -0.05) is 30.3 Å². The molecule has 3 N–H and O–H groups in total. The van der Waals surface area contributed by atoms with Crippen molar-refractivity contribution in [2.75, 3.05) is 14.1 Å². The maximum absolute atomic E-state index is 11.4. The van der Waals surface area contributed by atoms with Crippen molar-refractivity contribution in [1.82, 2.24) is 10.4 Å². The summed E-state index contributed by atoms with van der Waals surface area (Å²) in [6.07, 6.45) is 1.06. The van der Waals surface area contributed by atoms with Crippen LogP contribution < -0.4 is 11.2 Å². The van der Waals surface area contributed by atoms with E-state index in [0.29, 0.717) is 6.42 Å². The third-order valence-corrected chi connectivity index (χ3v) is 2.14. The molecule has 88 valence electrons. The van der Waals surface area contributed by atoms with Crippen LogP contribution in [0.2, 0.25) is 0 Å². The van der Waals surface area contributed by atoms with Gasteiger partial charge < -0.3 is 5.73 Å². The number of hydrogen-bond acceptors (Lipinski definition) is 3. The van der Waals surface area contributed by atoms with Crippen LogP contribution in [0.15, 0.2) is 30.3 Å². The molecule has 0 aliphatic heterocycles. The molecule has 1 atom stereocenters. The molecule has 0 aliphatic rings. The van der Waals surface area contributed by atoms with Crippen molar-refractivity contribution in [2.24, 2.45) is 5.73 Å². The van der Waals surface area contributed by atoms with E-state index in [1.54, 1.807) is 19.1 Å². The second kappa shape index (κ2) is 6.25. The summed E-state index contributed by atoms with van der Waals surface area (Å²) >= 11 is 0. The van der Waals surface area contributed by atoms with Gasteiger partial charge in [-0.2, -0.15) is 0 Å². The highest BCUT2D eigenvalue weighted by molar-refractivity contribution is 5.76. The van der Waals surface area contributed by atoms with Crippen LogP contribution in [0.3, 0.4) is 0 Å². The number of nitrogens with zero attached hydrogens (tertiary/aromatic N) is 1. The Labute approximate surface area is 96.4 Å². The van der Waals surface area contributed by atoms with Crippen LogP contribution in [0.4, 0.5) is 0 Å². The summed E-state index contributed by atoms with van der Waals surface area (Å²) in [5.74, 6) is -0.0477. The van der Waals surface area contributed by atoms with Crippen LogP contribution in [0.25, 0.3) is 0 Å². The van der Waals surface area contributed by atoms with E-state index >= 15 is 0 Å². The first-order valence-corrected chi connectivity index (χ1v) is 5.34. The van der Waals surface area contributed by atoms with Crippen molar-refractivity contribution in [3.05, 3.63) is 35.9 Å². The van der Waals surface area contributed by atoms with Gasteiger partial charge in [0.15, 0.2) is 0 Å². The van der Waals surface area contributed by atoms with Crippen LogP contribution in [0.5, 0.6) is 0 Å². The summed E-state index contributed by atoms with van der Waals surface area (Å²) in [7, 11) is 3.56. The highest BCUT2D eigenvalue weighted by atomic mass is 16.2. The summed E-state index contributed by atoms with van der Waals surface area (Å²) in [4.78, 5) is 11.4. The predicted molar refractivity (Wildman–Crippen MR) is 64.6 cm³/mol. The zero-order valence-electron chi connectivity index (χ0n) is 9.81. The van der Waals surface area contributed by atoms with E-state index in [0.717, 1.165) is 12.0 Å². The number of nitrogens with one attached hydrogen (secondary N) is 1. The molecule has 1 unspecified atom stereocenters. The average Bonchev–Trinajstić information content (AvgIpc) is 2.17. The zero-order chi connectivity index (χ0) is 12.0. The topological polar surface area (TPSA) is 58.4 Å². The standard InChI is InChI=1S/C12H19N3O/c1-15(2)14-12(16)9-11(13)8-10-6-4-3-5-7-10/h3-7,11H,8-9,13H2,1-2H3,(H,14,16). The van der Waals surface area contributed by atoms with Gasteiger partial charge in [0.1, 0.15) is 0 Å². The van der Waals surface area contributed by atoms with Crippen molar-refractivity contribution in [3.8, 4) is 0 Å². The molecule has 0 aromatic heterocycles. The lowest BCUT2D eigenvalue weighted by molar-refractivity contribution is -0.125. The van der Waals surface area contributed by atoms with Crippen molar-refractivity contribution in [2.45, 2.75) is 18.9 Å². The minimum Gasteiger partial charge on any atom is -0.327 e. The van der Waals surface area contributed by atoms with E-state index in [4.69, 9.17) is 5.73 Å². The van der Waals surface area contributed by atoms with Gasteiger partial charge in [-0.15, -0.1) is 0 Å². The molecule has 4 nitrogen and oxygen atoms in total. The molecule has 0 spiro atoms. The Morgan fingerprint density at radius 1 is 1.38 bits per heavy atom. The normalized spacial score (nSPS) is 12.5. The molecule has 16 heavy (non-hydrogen) atoms. The molecule has 0 fully saturated rings. The minimum atomic E-state index is -0.137. The Balaban J connectivity index is 2.36. The number of carbonyl (C=O) groups excluding carboxylic acids is 1. The van der Waals surface area contributed by atoms with Crippen molar-refractivity contribution >= 4 is 5.91 Å². The van der Waals surface area contributed by atoms with Crippen LogP contribution in [0, 0.1) is 0 Å².